The fourth-order valence-electron chi connectivity index (χ4n) is 1.04. The molecule has 0 amide bonds. The maximum atomic E-state index is 9.01. The van der Waals surface area contributed by atoms with Crippen molar-refractivity contribution in [3.05, 3.63) is 29.8 Å². The number of phenols is 1. The van der Waals surface area contributed by atoms with Gasteiger partial charge in [-0.2, -0.15) is 0 Å². The van der Waals surface area contributed by atoms with Gasteiger partial charge in [0, 0.05) is 0 Å². The summed E-state index contributed by atoms with van der Waals surface area (Å²) in [6, 6.07) is 7.43. The van der Waals surface area contributed by atoms with Crippen molar-refractivity contribution in [2.24, 2.45) is 0 Å². The molecule has 0 fully saturated rings. The molecule has 0 aliphatic carbocycles. The van der Waals surface area contributed by atoms with E-state index in [1.165, 1.54) is 5.56 Å². The second kappa shape index (κ2) is 3.42. The summed E-state index contributed by atoms with van der Waals surface area (Å²) in [5.41, 5.74) is 1.30. The minimum atomic E-state index is 0.344. The van der Waals surface area contributed by atoms with Gasteiger partial charge < -0.3 is 5.11 Å². The first-order valence-corrected chi connectivity index (χ1v) is 4.03. The number of phenolic OH excluding ortho intramolecular Hbond substituents is 1. The van der Waals surface area contributed by atoms with E-state index in [9.17, 15) is 0 Å². The summed E-state index contributed by atoms with van der Waals surface area (Å²) >= 11 is 0. The molecule has 11 heavy (non-hydrogen) atoms. The maximum Gasteiger partial charge on any atom is 0.115 e. The van der Waals surface area contributed by atoms with Crippen molar-refractivity contribution in [3.63, 3.8) is 0 Å². The summed E-state index contributed by atoms with van der Waals surface area (Å²) in [6.45, 7) is 4.35. The summed E-state index contributed by atoms with van der Waals surface area (Å²) in [7, 11) is 0. The van der Waals surface area contributed by atoms with E-state index in [1.54, 1.807) is 12.1 Å². The summed E-state index contributed by atoms with van der Waals surface area (Å²) in [5.74, 6) is 0.938. The zero-order chi connectivity index (χ0) is 8.27. The van der Waals surface area contributed by atoms with Gasteiger partial charge in [0.25, 0.3) is 0 Å². The molecule has 1 atom stereocenters. The van der Waals surface area contributed by atoms with E-state index in [0.717, 1.165) is 6.42 Å². The molecule has 1 nitrogen and oxygen atoms in total. The Hall–Kier alpha value is -0.980. The third-order valence-corrected chi connectivity index (χ3v) is 2.07. The number of hydrogen-bond donors (Lipinski definition) is 1. The smallest absolute Gasteiger partial charge is 0.115 e. The minimum Gasteiger partial charge on any atom is -0.508 e. The van der Waals surface area contributed by atoms with Crippen LogP contribution in [-0.2, 0) is 0 Å². The predicted octanol–water partition coefficient (Wildman–Crippen LogP) is 2.91. The molecule has 1 aromatic carbocycles. The average Bonchev–Trinajstić information content (AvgIpc) is 2.05. The monoisotopic (exact) mass is 150 g/mol. The molecule has 0 aromatic heterocycles. The molecule has 0 bridgehead atoms. The zero-order valence-corrected chi connectivity index (χ0v) is 7.04. The quantitative estimate of drug-likeness (QED) is 0.687. The molecule has 0 saturated carbocycles. The zero-order valence-electron chi connectivity index (χ0n) is 7.04. The van der Waals surface area contributed by atoms with Crippen LogP contribution in [0, 0.1) is 0 Å². The predicted molar refractivity (Wildman–Crippen MR) is 46.8 cm³/mol. The molecule has 0 aliphatic heterocycles. The van der Waals surface area contributed by atoms with Crippen molar-refractivity contribution < 1.29 is 5.11 Å². The molecule has 0 spiro atoms. The van der Waals surface area contributed by atoms with E-state index >= 15 is 0 Å². The highest BCUT2D eigenvalue weighted by atomic mass is 16.3. The molecule has 1 N–H and O–H groups in total. The molecule has 1 unspecified atom stereocenters. The van der Waals surface area contributed by atoms with Gasteiger partial charge in [0.1, 0.15) is 5.75 Å². The third kappa shape index (κ3) is 1.97. The minimum absolute atomic E-state index is 0.344. The molecule has 0 saturated heterocycles. The number of benzene rings is 1. The molecule has 0 radical (unpaired) electrons. The highest BCUT2D eigenvalue weighted by Gasteiger charge is 2.00. The Morgan fingerprint density at radius 1 is 1.27 bits per heavy atom. The van der Waals surface area contributed by atoms with E-state index < -0.39 is 0 Å². The summed E-state index contributed by atoms with van der Waals surface area (Å²) in [5, 5.41) is 9.01. The van der Waals surface area contributed by atoms with Crippen molar-refractivity contribution in [1.82, 2.24) is 0 Å². The van der Waals surface area contributed by atoms with Gasteiger partial charge in [0.05, 0.1) is 0 Å². The van der Waals surface area contributed by atoms with Crippen molar-refractivity contribution >= 4 is 0 Å². The molecule has 1 rings (SSSR count). The van der Waals surface area contributed by atoms with Crippen molar-refractivity contribution in [2.45, 2.75) is 26.2 Å². The summed E-state index contributed by atoms with van der Waals surface area (Å²) in [4.78, 5) is 0. The average molecular weight is 150 g/mol. The van der Waals surface area contributed by atoms with Crippen molar-refractivity contribution in [2.75, 3.05) is 0 Å². The van der Waals surface area contributed by atoms with Crippen molar-refractivity contribution in [1.29, 1.82) is 0 Å². The van der Waals surface area contributed by atoms with Crippen LogP contribution in [0.1, 0.15) is 31.7 Å². The van der Waals surface area contributed by atoms with Gasteiger partial charge in [-0.15, -0.1) is 0 Å². The van der Waals surface area contributed by atoms with Crippen molar-refractivity contribution in [3.8, 4) is 5.75 Å². The summed E-state index contributed by atoms with van der Waals surface area (Å²) in [6.07, 6.45) is 1.14. The van der Waals surface area contributed by atoms with Gasteiger partial charge in [-0.25, -0.2) is 0 Å². The van der Waals surface area contributed by atoms with E-state index in [0.29, 0.717) is 11.7 Å². The molecular formula is C10H14O. The van der Waals surface area contributed by atoms with Crippen LogP contribution in [0.2, 0.25) is 0 Å². The molecule has 1 aromatic rings. The van der Waals surface area contributed by atoms with E-state index in [1.807, 2.05) is 12.1 Å². The third-order valence-electron chi connectivity index (χ3n) is 2.07. The van der Waals surface area contributed by atoms with Crippen LogP contribution in [-0.4, -0.2) is 5.11 Å². The fraction of sp³-hybridized carbons (Fsp3) is 0.400. The van der Waals surface area contributed by atoms with Gasteiger partial charge in [0.15, 0.2) is 0 Å². The van der Waals surface area contributed by atoms with Crippen LogP contribution >= 0.6 is 0 Å². The Kier molecular flexibility index (Phi) is 2.53. The second-order valence-electron chi connectivity index (χ2n) is 2.90. The largest absolute Gasteiger partial charge is 0.508 e. The second-order valence-corrected chi connectivity index (χ2v) is 2.90. The van der Waals surface area contributed by atoms with Gasteiger partial charge in [-0.05, 0) is 30.0 Å². The van der Waals surface area contributed by atoms with Crippen LogP contribution in [0.25, 0.3) is 0 Å². The standard InChI is InChI=1S/C10H14O/c1-3-8(2)9-4-6-10(11)7-5-9/h4-8,11H,3H2,1-2H3. The van der Waals surface area contributed by atoms with Crippen LogP contribution in [0.3, 0.4) is 0 Å². The lowest BCUT2D eigenvalue weighted by Gasteiger charge is -2.07. The molecular weight excluding hydrogens is 136 g/mol. The fourth-order valence-corrected chi connectivity index (χ4v) is 1.04. The van der Waals surface area contributed by atoms with Crippen LogP contribution in [0.15, 0.2) is 24.3 Å². The summed E-state index contributed by atoms with van der Waals surface area (Å²) < 4.78 is 0. The first-order valence-electron chi connectivity index (χ1n) is 4.03. The molecule has 60 valence electrons. The Morgan fingerprint density at radius 2 is 1.82 bits per heavy atom. The normalized spacial score (nSPS) is 12.9. The first-order chi connectivity index (χ1) is 5.24. The van der Waals surface area contributed by atoms with E-state index in [4.69, 9.17) is 5.11 Å². The van der Waals surface area contributed by atoms with Crippen LogP contribution in [0.5, 0.6) is 5.75 Å². The Morgan fingerprint density at radius 3 is 2.27 bits per heavy atom. The lowest BCUT2D eigenvalue weighted by Crippen LogP contribution is -1.89. The lowest BCUT2D eigenvalue weighted by atomic mass is 9.99. The molecule has 0 heterocycles. The van der Waals surface area contributed by atoms with Gasteiger partial charge in [-0.1, -0.05) is 26.0 Å². The number of aromatic hydroxyl groups is 1. The molecule has 0 aliphatic rings. The Balaban J connectivity index is 2.81. The lowest BCUT2D eigenvalue weighted by molar-refractivity contribution is 0.475. The highest BCUT2D eigenvalue weighted by molar-refractivity contribution is 5.27. The topological polar surface area (TPSA) is 20.2 Å². The molecule has 1 heteroatoms. The van der Waals surface area contributed by atoms with Gasteiger partial charge >= 0.3 is 0 Å². The van der Waals surface area contributed by atoms with Crippen LogP contribution in [0.4, 0.5) is 0 Å². The number of rotatable bonds is 2. The van der Waals surface area contributed by atoms with Gasteiger partial charge in [-0.3, -0.25) is 0 Å². The van der Waals surface area contributed by atoms with Crippen LogP contribution < -0.4 is 0 Å². The van der Waals surface area contributed by atoms with E-state index in [2.05, 4.69) is 13.8 Å². The number of hydrogen-bond acceptors (Lipinski definition) is 1. The maximum absolute atomic E-state index is 9.01. The first kappa shape index (κ1) is 8.12. The Labute approximate surface area is 67.7 Å². The SMILES string of the molecule is CCC(C)c1ccc(O)cc1. The van der Waals surface area contributed by atoms with E-state index in [-0.39, 0.29) is 0 Å². The highest BCUT2D eigenvalue weighted by Crippen LogP contribution is 2.20. The Bertz CT molecular complexity index is 213. The van der Waals surface area contributed by atoms with Gasteiger partial charge in [0.2, 0.25) is 0 Å².